The number of benzene rings is 15. The number of hydrogen-bond acceptors (Lipinski definition) is 5. The van der Waals surface area contributed by atoms with Crippen LogP contribution >= 0.6 is 34.0 Å². The molecule has 0 N–H and O–H groups in total. The molecule has 0 radical (unpaired) electrons. The molecule has 0 aliphatic carbocycles. The second kappa shape index (κ2) is 27.4. The molecule has 4 aliphatic rings. The lowest BCUT2D eigenvalue weighted by Crippen LogP contribution is -2.30. The van der Waals surface area contributed by atoms with E-state index in [4.69, 9.17) is 0 Å². The summed E-state index contributed by atoms with van der Waals surface area (Å²) in [5.41, 5.74) is 41.1. The summed E-state index contributed by atoms with van der Waals surface area (Å²) in [6.45, 7) is 18.8. The van der Waals surface area contributed by atoms with Crippen LogP contribution in [-0.4, -0.2) is 18.3 Å². The van der Waals surface area contributed by atoms with Gasteiger partial charge in [0, 0.05) is 109 Å². The van der Waals surface area contributed by atoms with E-state index in [-0.39, 0.29) is 21.7 Å². The van der Waals surface area contributed by atoms with E-state index in [1.54, 1.807) is 34.0 Å². The maximum atomic E-state index is 2.50. The van der Waals surface area contributed by atoms with Crippen LogP contribution in [0.2, 0.25) is 0 Å². The summed E-state index contributed by atoms with van der Waals surface area (Å²) in [6, 6.07) is 125. The van der Waals surface area contributed by atoms with E-state index in [1.807, 2.05) is 0 Å². The monoisotopic (exact) mass is 1630 g/mol. The van der Waals surface area contributed by atoms with Gasteiger partial charge in [-0.3, -0.25) is 0 Å². The van der Waals surface area contributed by atoms with E-state index in [0.29, 0.717) is 0 Å². The Morgan fingerprint density at radius 3 is 0.886 bits per heavy atom. The van der Waals surface area contributed by atoms with Gasteiger partial charge in [-0.15, -0.1) is 34.0 Å². The zero-order valence-corrected chi connectivity index (χ0v) is 72.2. The van der Waals surface area contributed by atoms with E-state index in [9.17, 15) is 0 Å². The van der Waals surface area contributed by atoms with E-state index >= 15 is 0 Å². The second-order valence-corrected chi connectivity index (χ2v) is 37.9. The first-order valence-electron chi connectivity index (χ1n) is 42.7. The fourth-order valence-electron chi connectivity index (χ4n) is 21.4. The first-order chi connectivity index (χ1) is 60.1. The number of nitrogens with zero attached hydrogens (tertiary/aromatic N) is 6. The lowest BCUT2D eigenvalue weighted by molar-refractivity contribution is 0.632. The largest absolute Gasteiger partial charge is 0.311 e. The quantitative estimate of drug-likeness (QED) is 0.152. The minimum Gasteiger partial charge on any atom is -0.311 e. The normalized spacial score (nSPS) is 14.4. The Morgan fingerprint density at radius 2 is 0.496 bits per heavy atom. The highest BCUT2D eigenvalue weighted by molar-refractivity contribution is 7.09. The maximum Gasteiger partial charge on any atom is 0.0610 e. The van der Waals surface area contributed by atoms with E-state index in [1.165, 1.54) is 205 Å². The molecule has 22 aromatic rings. The molecule has 0 bridgehead atoms. The first-order valence-corrected chi connectivity index (χ1v) is 45.5. The van der Waals surface area contributed by atoms with E-state index in [2.05, 4.69) is 455 Å². The Hall–Kier alpha value is -13.8. The molecular weight excluding hydrogens is 1550 g/mol. The van der Waals surface area contributed by atoms with Gasteiger partial charge >= 0.3 is 0 Å². The number of para-hydroxylation sites is 9. The van der Waals surface area contributed by atoms with Crippen molar-refractivity contribution in [2.24, 2.45) is 0 Å². The zero-order chi connectivity index (χ0) is 82.5. The van der Waals surface area contributed by atoms with Crippen molar-refractivity contribution in [3.8, 4) is 56.1 Å². The molecule has 4 aliphatic heterocycles. The summed E-state index contributed by atoms with van der Waals surface area (Å²) in [5.74, 6) is 0. The molecule has 0 saturated carbocycles. The molecule has 0 saturated heterocycles. The average molecular weight is 1640 g/mol. The smallest absolute Gasteiger partial charge is 0.0610 e. The third-order valence-corrected chi connectivity index (χ3v) is 29.9. The summed E-state index contributed by atoms with van der Waals surface area (Å²) in [7, 11) is 0. The van der Waals surface area contributed by atoms with Crippen LogP contribution in [0.15, 0.2) is 372 Å². The highest BCUT2D eigenvalue weighted by Gasteiger charge is 2.41. The molecule has 0 fully saturated rings. The van der Waals surface area contributed by atoms with Gasteiger partial charge < -0.3 is 28.1 Å². The number of hydrogen-bond donors (Lipinski definition) is 0. The van der Waals surface area contributed by atoms with Crippen LogP contribution in [0.4, 0.5) is 34.1 Å². The fourth-order valence-corrected chi connectivity index (χ4v) is 24.3. The van der Waals surface area contributed by atoms with Crippen LogP contribution < -0.4 is 9.80 Å². The molecule has 15 aromatic carbocycles. The van der Waals surface area contributed by atoms with E-state index < -0.39 is 0 Å². The fraction of sp³-hybridized carbons (Fsp3) is 0.105. The summed E-state index contributed by atoms with van der Waals surface area (Å²) >= 11 is 5.41. The van der Waals surface area contributed by atoms with Gasteiger partial charge in [0.05, 0.1) is 72.6 Å². The third kappa shape index (κ3) is 10.9. The summed E-state index contributed by atoms with van der Waals surface area (Å²) in [6.07, 6.45) is 0. The van der Waals surface area contributed by atoms with Crippen molar-refractivity contribution in [2.45, 2.75) is 77.0 Å². The van der Waals surface area contributed by atoms with Crippen molar-refractivity contribution >= 4 is 155 Å². The van der Waals surface area contributed by atoms with Gasteiger partial charge in [-0.25, -0.2) is 0 Å². The molecule has 590 valence electrons. The molecule has 123 heavy (non-hydrogen) atoms. The van der Waals surface area contributed by atoms with Gasteiger partial charge in [0.25, 0.3) is 0 Å². The third-order valence-electron chi connectivity index (χ3n) is 27.7. The van der Waals surface area contributed by atoms with Crippen molar-refractivity contribution in [2.75, 3.05) is 9.80 Å². The summed E-state index contributed by atoms with van der Waals surface area (Å²) in [4.78, 5) is 4.73. The molecule has 11 heterocycles. The lowest BCUT2D eigenvalue weighted by atomic mass is 9.73. The summed E-state index contributed by atoms with van der Waals surface area (Å²) < 4.78 is 9.85. The van der Waals surface area contributed by atoms with Gasteiger partial charge in [-0.1, -0.05) is 274 Å². The number of aromatic nitrogens is 4. The minimum atomic E-state index is -0.0570. The molecule has 7 aromatic heterocycles. The van der Waals surface area contributed by atoms with E-state index in [0.717, 1.165) is 17.1 Å². The van der Waals surface area contributed by atoms with Crippen LogP contribution in [0.3, 0.4) is 0 Å². The van der Waals surface area contributed by atoms with Crippen molar-refractivity contribution in [1.29, 1.82) is 0 Å². The number of fused-ring (bicyclic) bond motifs is 20. The SMILES string of the molecule is CC1(C)c2ccccc2N(c2ccc(-c3ccc4c(c3)c3cccc5c3n4-c3cscc3C5(C)C)cc2)c2ccccc21.CC1(C)c2cscc2-n2c3ccc(-c4ccc(-n5c6ccccc6c6ccccc65)cc4)cc3c3cccc1c32.CC1(C)c2cscc2-n2c3ccc(-c4ccc(N(c5ccccc5)c5ccccc5)cc4)cc3c3cccc1c32. The molecule has 0 amide bonds. The predicted octanol–water partition coefficient (Wildman–Crippen LogP) is 32.1. The average Bonchev–Trinajstić information content (AvgIpc) is 1.55. The first kappa shape index (κ1) is 73.1. The lowest BCUT2D eigenvalue weighted by Gasteiger charge is -2.42. The van der Waals surface area contributed by atoms with Gasteiger partial charge in [0.2, 0.25) is 0 Å². The van der Waals surface area contributed by atoms with Crippen molar-refractivity contribution in [3.05, 3.63) is 417 Å². The minimum absolute atomic E-state index is 0.00924. The molecule has 26 rings (SSSR count). The Balaban J connectivity index is 0.000000104. The molecule has 0 atom stereocenters. The molecule has 9 heteroatoms. The van der Waals surface area contributed by atoms with Crippen LogP contribution in [0, 0.1) is 0 Å². The van der Waals surface area contributed by atoms with Crippen LogP contribution in [0.1, 0.15) is 99.9 Å². The van der Waals surface area contributed by atoms with Crippen LogP contribution in [0.25, 0.3) is 143 Å². The highest BCUT2D eigenvalue weighted by atomic mass is 32.1. The van der Waals surface area contributed by atoms with Crippen LogP contribution in [-0.2, 0) is 21.7 Å². The maximum absolute atomic E-state index is 2.50. The van der Waals surface area contributed by atoms with Gasteiger partial charge in [0.1, 0.15) is 0 Å². The van der Waals surface area contributed by atoms with Gasteiger partial charge in [-0.2, -0.15) is 0 Å². The number of rotatable bonds is 8. The highest BCUT2D eigenvalue weighted by Crippen LogP contribution is 2.56. The Labute approximate surface area is 727 Å². The van der Waals surface area contributed by atoms with Crippen molar-refractivity contribution in [1.82, 2.24) is 18.3 Å². The Bertz CT molecular complexity index is 7910. The molecular formula is C114H86N6S3. The van der Waals surface area contributed by atoms with Gasteiger partial charge in [-0.05, 0) is 215 Å². The van der Waals surface area contributed by atoms with Gasteiger partial charge in [0.15, 0.2) is 0 Å². The zero-order valence-electron chi connectivity index (χ0n) is 69.7. The molecule has 0 unspecified atom stereocenters. The Morgan fingerprint density at radius 1 is 0.203 bits per heavy atom. The van der Waals surface area contributed by atoms with Crippen molar-refractivity contribution < 1.29 is 0 Å². The number of anilines is 6. The topological polar surface area (TPSA) is 26.2 Å². The molecule has 6 nitrogen and oxygen atoms in total. The predicted molar refractivity (Wildman–Crippen MR) is 524 cm³/mol. The standard InChI is InChI=1S/C40H32N2S.C37H26N2S.C37H28N2S/c1-39(2)30-11-5-7-14-35(30)41(36-15-8-6-12-31(36)39)27-19-16-25(17-20-27)26-18-21-34-29(22-26)28-10-9-13-32-38(28)42(34)37-24-43-23-33(37)40(32,3)4;1-37(2)30-11-7-10-28-29-20-24(16-19-34(29)39(36(28)30)35-22-40-21-31(35)37)23-14-17-25(18-15-23)38-32-12-5-3-8-26(32)27-9-4-6-13-33(27)38;1-37(2)32-15-9-14-30-31-22-26(18-21-34(31)39(36(30)32)35-24-40-23-33(35)37)25-16-19-29(20-17-25)38(27-10-5-3-6-11-27)28-12-7-4-8-13-28/h5-24H,1-4H3;3-22H,1-2H3;3-24H,1-2H3. The van der Waals surface area contributed by atoms with Crippen molar-refractivity contribution in [3.63, 3.8) is 0 Å². The summed E-state index contributed by atoms with van der Waals surface area (Å²) in [5, 5.41) is 24.4. The van der Waals surface area contributed by atoms with Crippen LogP contribution in [0.5, 0.6) is 0 Å². The number of thiophene rings is 3. The Kier molecular flexibility index (Phi) is 16.3. The molecule has 0 spiro atoms. The second-order valence-electron chi connectivity index (χ2n) is 35.7.